The second kappa shape index (κ2) is 6.31. The number of hydrogen-bond acceptors (Lipinski definition) is 3. The van der Waals surface area contributed by atoms with E-state index in [0.717, 1.165) is 26.2 Å². The Hall–Kier alpha value is -0.810. The predicted octanol–water partition coefficient (Wildman–Crippen LogP) is 1.16. The average Bonchev–Trinajstić information content (AvgIpc) is 2.35. The van der Waals surface area contributed by atoms with Gasteiger partial charge in [0.15, 0.2) is 0 Å². The lowest BCUT2D eigenvalue weighted by Gasteiger charge is -2.50. The number of likely N-dealkylation sites (tertiary alicyclic amines) is 1. The molecule has 2 fully saturated rings. The van der Waals surface area contributed by atoms with E-state index in [2.05, 4.69) is 37.5 Å². The molecule has 0 aliphatic carbocycles. The SMILES string of the molecule is CC(C)N1CC(N2CCN(C(=O)N(C)C(C)C)CC2)C1. The summed E-state index contributed by atoms with van der Waals surface area (Å²) in [6.07, 6.45) is 0. The first kappa shape index (κ1) is 15.6. The summed E-state index contributed by atoms with van der Waals surface area (Å²) in [6, 6.07) is 1.81. The van der Waals surface area contributed by atoms with Gasteiger partial charge < -0.3 is 9.80 Å². The maximum Gasteiger partial charge on any atom is 0.320 e. The number of carbonyl (C=O) groups is 1. The monoisotopic (exact) mass is 282 g/mol. The Kier molecular flexibility index (Phi) is 4.91. The predicted molar refractivity (Wildman–Crippen MR) is 81.9 cm³/mol. The molecule has 0 spiro atoms. The van der Waals surface area contributed by atoms with Gasteiger partial charge in [-0.15, -0.1) is 0 Å². The Morgan fingerprint density at radius 1 is 1.05 bits per heavy atom. The standard InChI is InChI=1S/C15H30N4O/c1-12(2)16(5)15(20)18-8-6-17(7-9-18)14-10-19(11-14)13(3)4/h12-14H,6-11H2,1-5H3. The van der Waals surface area contributed by atoms with E-state index in [1.54, 1.807) is 0 Å². The fourth-order valence-electron chi connectivity index (χ4n) is 2.86. The molecule has 2 rings (SSSR count). The van der Waals surface area contributed by atoms with Gasteiger partial charge in [0.05, 0.1) is 0 Å². The number of piperazine rings is 1. The fourth-order valence-corrected chi connectivity index (χ4v) is 2.86. The molecule has 0 aromatic rings. The third kappa shape index (κ3) is 3.26. The van der Waals surface area contributed by atoms with Crippen LogP contribution in [-0.4, -0.2) is 90.1 Å². The molecule has 0 atom stereocenters. The van der Waals surface area contributed by atoms with Crippen molar-refractivity contribution >= 4 is 6.03 Å². The molecule has 2 aliphatic rings. The van der Waals surface area contributed by atoms with E-state index in [1.807, 2.05) is 16.8 Å². The van der Waals surface area contributed by atoms with E-state index in [0.29, 0.717) is 12.1 Å². The first-order valence-electron chi connectivity index (χ1n) is 7.90. The van der Waals surface area contributed by atoms with Crippen LogP contribution in [0.1, 0.15) is 27.7 Å². The molecule has 5 nitrogen and oxygen atoms in total. The molecule has 0 aromatic heterocycles. The van der Waals surface area contributed by atoms with Crippen LogP contribution in [0.25, 0.3) is 0 Å². The van der Waals surface area contributed by atoms with E-state index in [-0.39, 0.29) is 12.1 Å². The molecule has 116 valence electrons. The molecule has 0 aromatic carbocycles. The minimum Gasteiger partial charge on any atom is -0.325 e. The molecule has 0 saturated carbocycles. The van der Waals surface area contributed by atoms with Gasteiger partial charge in [-0.3, -0.25) is 9.80 Å². The number of rotatable bonds is 3. The van der Waals surface area contributed by atoms with Crippen molar-refractivity contribution in [2.45, 2.75) is 45.8 Å². The van der Waals surface area contributed by atoms with E-state index in [9.17, 15) is 4.79 Å². The zero-order valence-electron chi connectivity index (χ0n) is 13.7. The van der Waals surface area contributed by atoms with E-state index in [4.69, 9.17) is 0 Å². The second-order valence-corrected chi connectivity index (χ2v) is 6.71. The number of urea groups is 1. The van der Waals surface area contributed by atoms with Crippen LogP contribution in [-0.2, 0) is 0 Å². The third-order valence-electron chi connectivity index (χ3n) is 4.80. The van der Waals surface area contributed by atoms with Crippen molar-refractivity contribution in [3.63, 3.8) is 0 Å². The summed E-state index contributed by atoms with van der Waals surface area (Å²) >= 11 is 0. The lowest BCUT2D eigenvalue weighted by Crippen LogP contribution is -2.65. The smallest absolute Gasteiger partial charge is 0.320 e. The molecule has 0 radical (unpaired) electrons. The van der Waals surface area contributed by atoms with Gasteiger partial charge in [-0.1, -0.05) is 0 Å². The third-order valence-corrected chi connectivity index (χ3v) is 4.80. The van der Waals surface area contributed by atoms with Crippen LogP contribution in [0.4, 0.5) is 4.79 Å². The molecule has 2 saturated heterocycles. The zero-order chi connectivity index (χ0) is 14.9. The van der Waals surface area contributed by atoms with Crippen molar-refractivity contribution in [3.05, 3.63) is 0 Å². The summed E-state index contributed by atoms with van der Waals surface area (Å²) in [5.41, 5.74) is 0. The highest BCUT2D eigenvalue weighted by molar-refractivity contribution is 5.74. The van der Waals surface area contributed by atoms with E-state index >= 15 is 0 Å². The van der Waals surface area contributed by atoms with Crippen molar-refractivity contribution < 1.29 is 4.79 Å². The molecular weight excluding hydrogens is 252 g/mol. The van der Waals surface area contributed by atoms with Crippen LogP contribution in [0.3, 0.4) is 0 Å². The zero-order valence-corrected chi connectivity index (χ0v) is 13.7. The molecule has 2 aliphatic heterocycles. The number of hydrogen-bond donors (Lipinski definition) is 0. The Bertz CT molecular complexity index is 331. The molecule has 0 N–H and O–H groups in total. The van der Waals surface area contributed by atoms with Crippen molar-refractivity contribution in [2.24, 2.45) is 0 Å². The lowest BCUT2D eigenvalue weighted by atomic mass is 10.0. The Labute approximate surface area is 123 Å². The first-order chi connectivity index (χ1) is 9.40. The van der Waals surface area contributed by atoms with Crippen LogP contribution in [0.15, 0.2) is 0 Å². The van der Waals surface area contributed by atoms with Crippen molar-refractivity contribution in [2.75, 3.05) is 46.3 Å². The molecular formula is C15H30N4O. The highest BCUT2D eigenvalue weighted by atomic mass is 16.2. The minimum atomic E-state index is 0.178. The summed E-state index contributed by atoms with van der Waals surface area (Å²) in [5.74, 6) is 0. The van der Waals surface area contributed by atoms with Gasteiger partial charge in [-0.25, -0.2) is 4.79 Å². The number of nitrogens with zero attached hydrogens (tertiary/aromatic N) is 4. The highest BCUT2D eigenvalue weighted by Crippen LogP contribution is 2.19. The van der Waals surface area contributed by atoms with Gasteiger partial charge in [0.2, 0.25) is 0 Å². The van der Waals surface area contributed by atoms with Crippen molar-refractivity contribution in [1.82, 2.24) is 19.6 Å². The maximum absolute atomic E-state index is 12.3. The van der Waals surface area contributed by atoms with E-state index in [1.165, 1.54) is 13.1 Å². The maximum atomic E-state index is 12.3. The Morgan fingerprint density at radius 3 is 2.05 bits per heavy atom. The highest BCUT2D eigenvalue weighted by Gasteiger charge is 2.35. The van der Waals surface area contributed by atoms with E-state index < -0.39 is 0 Å². The van der Waals surface area contributed by atoms with Gasteiger partial charge in [0.1, 0.15) is 0 Å². The Morgan fingerprint density at radius 2 is 1.60 bits per heavy atom. The van der Waals surface area contributed by atoms with Crippen LogP contribution >= 0.6 is 0 Å². The normalized spacial score (nSPS) is 22.4. The largest absolute Gasteiger partial charge is 0.325 e. The molecule has 0 unspecified atom stereocenters. The topological polar surface area (TPSA) is 30.0 Å². The Balaban J connectivity index is 1.75. The summed E-state index contributed by atoms with van der Waals surface area (Å²) in [4.78, 5) is 21.2. The first-order valence-corrected chi connectivity index (χ1v) is 7.90. The van der Waals surface area contributed by atoms with Gasteiger partial charge in [0, 0.05) is 64.4 Å². The van der Waals surface area contributed by atoms with Gasteiger partial charge >= 0.3 is 6.03 Å². The quantitative estimate of drug-likeness (QED) is 0.778. The summed E-state index contributed by atoms with van der Waals surface area (Å²) in [6.45, 7) is 14.8. The summed E-state index contributed by atoms with van der Waals surface area (Å²) in [5, 5.41) is 0. The molecule has 5 heteroatoms. The van der Waals surface area contributed by atoms with Crippen LogP contribution in [0, 0.1) is 0 Å². The molecule has 0 bridgehead atoms. The van der Waals surface area contributed by atoms with Gasteiger partial charge in [-0.2, -0.15) is 0 Å². The molecule has 2 amide bonds. The van der Waals surface area contributed by atoms with Crippen LogP contribution in [0.2, 0.25) is 0 Å². The van der Waals surface area contributed by atoms with Crippen molar-refractivity contribution in [3.8, 4) is 0 Å². The lowest BCUT2D eigenvalue weighted by molar-refractivity contribution is -0.00596. The van der Waals surface area contributed by atoms with Crippen molar-refractivity contribution in [1.29, 1.82) is 0 Å². The van der Waals surface area contributed by atoms with Crippen LogP contribution in [0.5, 0.6) is 0 Å². The second-order valence-electron chi connectivity index (χ2n) is 6.71. The number of carbonyl (C=O) groups excluding carboxylic acids is 1. The minimum absolute atomic E-state index is 0.178. The average molecular weight is 282 g/mol. The van der Waals surface area contributed by atoms with Gasteiger partial charge in [0.25, 0.3) is 0 Å². The summed E-state index contributed by atoms with van der Waals surface area (Å²) < 4.78 is 0. The number of amides is 2. The fraction of sp³-hybridized carbons (Fsp3) is 0.933. The van der Waals surface area contributed by atoms with Gasteiger partial charge in [-0.05, 0) is 27.7 Å². The summed E-state index contributed by atoms with van der Waals surface area (Å²) in [7, 11) is 1.89. The van der Waals surface area contributed by atoms with Crippen LogP contribution < -0.4 is 0 Å². The molecule has 20 heavy (non-hydrogen) atoms. The molecule has 2 heterocycles.